The van der Waals surface area contributed by atoms with Crippen molar-refractivity contribution in [3.8, 4) is 5.75 Å². The lowest BCUT2D eigenvalue weighted by molar-refractivity contribution is -0.123. The summed E-state index contributed by atoms with van der Waals surface area (Å²) in [5, 5.41) is 3.07. The molecule has 0 saturated carbocycles. The number of hydrogen-bond acceptors (Lipinski definition) is 4. The molecule has 7 heteroatoms. The second-order valence-corrected chi connectivity index (χ2v) is 9.83. The van der Waals surface area contributed by atoms with Gasteiger partial charge in [0, 0.05) is 0 Å². The van der Waals surface area contributed by atoms with Crippen LogP contribution in [0.5, 0.6) is 5.75 Å². The zero-order chi connectivity index (χ0) is 23.3. The van der Waals surface area contributed by atoms with Crippen LogP contribution in [0.25, 0.3) is 0 Å². The number of sulfonamides is 1. The van der Waals surface area contributed by atoms with Crippen molar-refractivity contribution < 1.29 is 17.9 Å². The van der Waals surface area contributed by atoms with Crippen LogP contribution in [0.3, 0.4) is 0 Å². The van der Waals surface area contributed by atoms with E-state index in [1.165, 1.54) is 4.31 Å². The summed E-state index contributed by atoms with van der Waals surface area (Å²) in [5.74, 6) is 0.476. The monoisotopic (exact) mass is 446 g/mol. The number of aryl methyl sites for hydroxylation is 3. The summed E-state index contributed by atoms with van der Waals surface area (Å²) < 4.78 is 32.1. The van der Waals surface area contributed by atoms with Crippen LogP contribution >= 0.6 is 0 Å². The molecule has 1 N–H and O–H groups in total. The van der Waals surface area contributed by atoms with Crippen LogP contribution in [0.4, 0.5) is 5.69 Å². The molecule has 170 valence electrons. The minimum absolute atomic E-state index is 0.230. The van der Waals surface area contributed by atoms with Gasteiger partial charge in [-0.15, -0.1) is 0 Å². The normalized spacial score (nSPS) is 13.4. The standard InChI is InChI=1S/C24H34N2O4S/c1-8-20(19-12-13-23(30-6)18(5)15-19)25-24(27)21(9-2)26(31(7,28)29)22-14-16(3)10-11-17(22)4/h10-15,20-21H,8-9H2,1-7H3,(H,25,27)/t20-,21+/m1/s1. The van der Waals surface area contributed by atoms with Gasteiger partial charge in [0.05, 0.1) is 25.1 Å². The Balaban J connectivity index is 2.41. The van der Waals surface area contributed by atoms with Crippen LogP contribution in [-0.4, -0.2) is 33.7 Å². The molecule has 0 heterocycles. The number of methoxy groups -OCH3 is 1. The largest absolute Gasteiger partial charge is 0.496 e. The Kier molecular flexibility index (Phi) is 8.12. The highest BCUT2D eigenvalue weighted by Gasteiger charge is 2.33. The average Bonchev–Trinajstić information content (AvgIpc) is 2.71. The summed E-state index contributed by atoms with van der Waals surface area (Å²) in [6.07, 6.45) is 2.18. The molecule has 31 heavy (non-hydrogen) atoms. The Morgan fingerprint density at radius 2 is 1.71 bits per heavy atom. The third kappa shape index (κ3) is 5.79. The summed E-state index contributed by atoms with van der Waals surface area (Å²) in [6.45, 7) is 9.53. The number of nitrogens with one attached hydrogen (secondary N) is 1. The highest BCUT2D eigenvalue weighted by Crippen LogP contribution is 2.29. The molecule has 0 radical (unpaired) electrons. The Morgan fingerprint density at radius 3 is 2.23 bits per heavy atom. The summed E-state index contributed by atoms with van der Waals surface area (Å²) in [5.41, 5.74) is 4.22. The number of carbonyl (C=O) groups is 1. The number of rotatable bonds is 9. The van der Waals surface area contributed by atoms with Crippen molar-refractivity contribution in [2.24, 2.45) is 0 Å². The van der Waals surface area contributed by atoms with Crippen molar-refractivity contribution in [1.29, 1.82) is 0 Å². The van der Waals surface area contributed by atoms with Crippen molar-refractivity contribution in [2.75, 3.05) is 17.7 Å². The quantitative estimate of drug-likeness (QED) is 0.618. The van der Waals surface area contributed by atoms with Gasteiger partial charge >= 0.3 is 0 Å². The lowest BCUT2D eigenvalue weighted by Crippen LogP contribution is -2.50. The van der Waals surface area contributed by atoms with Gasteiger partial charge in [-0.05, 0) is 68.0 Å². The minimum atomic E-state index is -3.68. The molecule has 2 atom stereocenters. The zero-order valence-electron chi connectivity index (χ0n) is 19.5. The van der Waals surface area contributed by atoms with Crippen LogP contribution in [0.2, 0.25) is 0 Å². The molecule has 0 aliphatic rings. The second kappa shape index (κ2) is 10.2. The number of anilines is 1. The molecule has 0 spiro atoms. The van der Waals surface area contributed by atoms with Crippen LogP contribution < -0.4 is 14.4 Å². The molecular weight excluding hydrogens is 412 g/mol. The molecule has 2 aromatic carbocycles. The minimum Gasteiger partial charge on any atom is -0.496 e. The van der Waals surface area contributed by atoms with Crippen molar-refractivity contribution in [3.63, 3.8) is 0 Å². The number of amides is 1. The first-order valence-corrected chi connectivity index (χ1v) is 12.4. The third-order valence-corrected chi connectivity index (χ3v) is 6.64. The van der Waals surface area contributed by atoms with Gasteiger partial charge in [0.25, 0.3) is 0 Å². The lowest BCUT2D eigenvalue weighted by atomic mass is 10.0. The fourth-order valence-corrected chi connectivity index (χ4v) is 5.06. The molecular formula is C24H34N2O4S. The summed E-state index contributed by atoms with van der Waals surface area (Å²) in [6, 6.07) is 10.4. The first kappa shape index (κ1) is 24.7. The molecule has 0 bridgehead atoms. The maximum Gasteiger partial charge on any atom is 0.244 e. The predicted molar refractivity (Wildman–Crippen MR) is 126 cm³/mol. The fourth-order valence-electron chi connectivity index (χ4n) is 3.80. The van der Waals surface area contributed by atoms with Gasteiger partial charge in [-0.1, -0.05) is 38.1 Å². The average molecular weight is 447 g/mol. The number of hydrogen-bond donors (Lipinski definition) is 1. The number of benzene rings is 2. The second-order valence-electron chi connectivity index (χ2n) is 7.97. The van der Waals surface area contributed by atoms with Crippen molar-refractivity contribution in [2.45, 2.75) is 59.5 Å². The Labute approximate surface area is 186 Å². The summed E-state index contributed by atoms with van der Waals surface area (Å²) in [7, 11) is -2.06. The predicted octanol–water partition coefficient (Wildman–Crippen LogP) is 4.43. The summed E-state index contributed by atoms with van der Waals surface area (Å²) >= 11 is 0. The molecule has 0 aromatic heterocycles. The van der Waals surface area contributed by atoms with Crippen molar-refractivity contribution >= 4 is 21.6 Å². The van der Waals surface area contributed by atoms with Gasteiger partial charge in [0.1, 0.15) is 11.8 Å². The van der Waals surface area contributed by atoms with Crippen LogP contribution in [-0.2, 0) is 14.8 Å². The van der Waals surface area contributed by atoms with Gasteiger partial charge in [-0.2, -0.15) is 0 Å². The van der Waals surface area contributed by atoms with Crippen molar-refractivity contribution in [1.82, 2.24) is 5.32 Å². The molecule has 1 amide bonds. The van der Waals surface area contributed by atoms with E-state index < -0.39 is 16.1 Å². The van der Waals surface area contributed by atoms with E-state index in [2.05, 4.69) is 5.32 Å². The molecule has 0 saturated heterocycles. The molecule has 0 unspecified atom stereocenters. The molecule has 0 aliphatic heterocycles. The Morgan fingerprint density at radius 1 is 1.03 bits per heavy atom. The first-order chi connectivity index (χ1) is 14.5. The highest BCUT2D eigenvalue weighted by atomic mass is 32.2. The third-order valence-electron chi connectivity index (χ3n) is 5.48. The maximum absolute atomic E-state index is 13.3. The van der Waals surface area contributed by atoms with E-state index in [1.807, 2.05) is 71.0 Å². The van der Waals surface area contributed by atoms with E-state index in [9.17, 15) is 13.2 Å². The molecule has 0 fully saturated rings. The topological polar surface area (TPSA) is 75.7 Å². The number of ether oxygens (including phenoxy) is 1. The van der Waals surface area contributed by atoms with Crippen molar-refractivity contribution in [3.05, 3.63) is 58.7 Å². The molecule has 0 aliphatic carbocycles. The van der Waals surface area contributed by atoms with E-state index in [1.54, 1.807) is 7.11 Å². The maximum atomic E-state index is 13.3. The van der Waals surface area contributed by atoms with Gasteiger partial charge in [-0.3, -0.25) is 9.10 Å². The van der Waals surface area contributed by atoms with E-state index in [-0.39, 0.29) is 11.9 Å². The Bertz CT molecular complexity index is 1030. The van der Waals surface area contributed by atoms with Crippen LogP contribution in [0.15, 0.2) is 36.4 Å². The number of nitrogens with zero attached hydrogens (tertiary/aromatic N) is 1. The van der Waals surface area contributed by atoms with Crippen LogP contribution in [0.1, 0.15) is 55.0 Å². The van der Waals surface area contributed by atoms with Crippen LogP contribution in [0, 0.1) is 20.8 Å². The van der Waals surface area contributed by atoms with E-state index >= 15 is 0 Å². The van der Waals surface area contributed by atoms with E-state index in [0.717, 1.165) is 34.3 Å². The fraction of sp³-hybridized carbons (Fsp3) is 0.458. The molecule has 2 aromatic rings. The smallest absolute Gasteiger partial charge is 0.244 e. The summed E-state index contributed by atoms with van der Waals surface area (Å²) in [4.78, 5) is 13.3. The zero-order valence-corrected chi connectivity index (χ0v) is 20.3. The molecule has 6 nitrogen and oxygen atoms in total. The van der Waals surface area contributed by atoms with Gasteiger partial charge in [-0.25, -0.2) is 8.42 Å². The van der Waals surface area contributed by atoms with Gasteiger partial charge in [0.2, 0.25) is 15.9 Å². The Hall–Kier alpha value is -2.54. The highest BCUT2D eigenvalue weighted by molar-refractivity contribution is 7.92. The molecule has 2 rings (SSSR count). The van der Waals surface area contributed by atoms with E-state index in [0.29, 0.717) is 18.5 Å². The van der Waals surface area contributed by atoms with E-state index in [4.69, 9.17) is 4.74 Å². The van der Waals surface area contributed by atoms with Gasteiger partial charge < -0.3 is 10.1 Å². The lowest BCUT2D eigenvalue weighted by Gasteiger charge is -2.32. The number of carbonyl (C=O) groups excluding carboxylic acids is 1. The van der Waals surface area contributed by atoms with Gasteiger partial charge in [0.15, 0.2) is 0 Å². The first-order valence-electron chi connectivity index (χ1n) is 10.5. The SMILES string of the molecule is CC[C@@H](NC(=O)[C@H](CC)N(c1cc(C)ccc1C)S(C)(=O)=O)c1ccc(OC)c(C)c1.